The Hall–Kier alpha value is -5.10. The molecule has 6 rings (SSSR count). The third kappa shape index (κ3) is 5.76. The molecular weight excluding hydrogens is 570 g/mol. The van der Waals surface area contributed by atoms with Crippen molar-refractivity contribution in [2.75, 3.05) is 0 Å². The fraction of sp³-hybridized carbons (Fsp3) is 0.0526. The van der Waals surface area contributed by atoms with Crippen LogP contribution in [0.1, 0.15) is 11.1 Å². The first-order valence-corrected chi connectivity index (χ1v) is 13.8. The number of rotatable bonds is 5. The van der Waals surface area contributed by atoms with Gasteiger partial charge in [0.05, 0.1) is 11.1 Å². The number of halogens is 6. The van der Waals surface area contributed by atoms with Gasteiger partial charge in [0.2, 0.25) is 0 Å². The number of alkyl halides is 6. The van der Waals surface area contributed by atoms with Crippen LogP contribution in [-0.4, -0.2) is 0 Å². The van der Waals surface area contributed by atoms with Gasteiger partial charge in [-0.2, -0.15) is 26.3 Å². The van der Waals surface area contributed by atoms with Crippen molar-refractivity contribution in [2.24, 2.45) is 0 Å². The first-order valence-electron chi connectivity index (χ1n) is 13.8. The summed E-state index contributed by atoms with van der Waals surface area (Å²) >= 11 is 0. The SMILES string of the molecule is FC(F)(F)c1ccc(-c2ccccc2-c2ccccc2-c2ccccc2-c2ccccc2-c2ccc(C(F)(F)F)cc2)cc1. The van der Waals surface area contributed by atoms with Gasteiger partial charge < -0.3 is 0 Å². The van der Waals surface area contributed by atoms with E-state index in [9.17, 15) is 26.3 Å². The van der Waals surface area contributed by atoms with Gasteiger partial charge in [-0.05, 0) is 79.9 Å². The second-order valence-electron chi connectivity index (χ2n) is 10.3. The number of hydrogen-bond donors (Lipinski definition) is 0. The Morgan fingerprint density at radius 2 is 0.455 bits per heavy atom. The molecule has 6 aromatic carbocycles. The second kappa shape index (κ2) is 11.5. The van der Waals surface area contributed by atoms with Crippen LogP contribution in [0.2, 0.25) is 0 Å². The molecule has 0 heterocycles. The molecule has 0 aliphatic rings. The van der Waals surface area contributed by atoms with Gasteiger partial charge in [-0.1, -0.05) is 121 Å². The van der Waals surface area contributed by atoms with Gasteiger partial charge in [-0.25, -0.2) is 0 Å². The van der Waals surface area contributed by atoms with Crippen LogP contribution in [0, 0.1) is 0 Å². The highest BCUT2D eigenvalue weighted by Gasteiger charge is 2.31. The molecule has 0 aliphatic heterocycles. The molecule has 0 saturated carbocycles. The largest absolute Gasteiger partial charge is 0.416 e. The lowest BCUT2D eigenvalue weighted by Crippen LogP contribution is -2.04. The van der Waals surface area contributed by atoms with E-state index in [1.165, 1.54) is 24.3 Å². The molecule has 0 spiro atoms. The maximum absolute atomic E-state index is 13.2. The molecule has 44 heavy (non-hydrogen) atoms. The standard InChI is InChI=1S/C38H24F6/c39-37(40,41)27-21-17-25(18-22-27)29-9-1-3-11-31(29)33-13-5-7-15-35(33)36-16-8-6-14-34(36)32-12-4-2-10-30(32)26-19-23-28(24-20-26)38(42,43)44/h1-24H. The molecule has 0 unspecified atom stereocenters. The van der Waals surface area contributed by atoms with Crippen LogP contribution in [0.3, 0.4) is 0 Å². The molecule has 0 radical (unpaired) electrons. The molecule has 0 fully saturated rings. The van der Waals surface area contributed by atoms with Gasteiger partial charge in [0.25, 0.3) is 0 Å². The van der Waals surface area contributed by atoms with Gasteiger partial charge in [0, 0.05) is 0 Å². The molecule has 0 aliphatic carbocycles. The highest BCUT2D eigenvalue weighted by atomic mass is 19.4. The lowest BCUT2D eigenvalue weighted by Gasteiger charge is -2.19. The molecule has 0 N–H and O–H groups in total. The molecule has 218 valence electrons. The predicted molar refractivity (Wildman–Crippen MR) is 164 cm³/mol. The summed E-state index contributed by atoms with van der Waals surface area (Å²) < 4.78 is 79.4. The topological polar surface area (TPSA) is 0 Å². The van der Waals surface area contributed by atoms with Crippen LogP contribution in [0.5, 0.6) is 0 Å². The quantitative estimate of drug-likeness (QED) is 0.174. The fourth-order valence-electron chi connectivity index (χ4n) is 5.52. The number of hydrogen-bond acceptors (Lipinski definition) is 0. The van der Waals surface area contributed by atoms with Gasteiger partial charge in [-0.3, -0.25) is 0 Å². The summed E-state index contributed by atoms with van der Waals surface area (Å²) in [4.78, 5) is 0. The van der Waals surface area contributed by atoms with Gasteiger partial charge in [0.15, 0.2) is 0 Å². The minimum Gasteiger partial charge on any atom is -0.166 e. The maximum atomic E-state index is 13.2. The predicted octanol–water partition coefficient (Wildman–Crippen LogP) is 12.1. The van der Waals surface area contributed by atoms with E-state index in [1.54, 1.807) is 0 Å². The van der Waals surface area contributed by atoms with E-state index in [2.05, 4.69) is 0 Å². The van der Waals surface area contributed by atoms with Crippen molar-refractivity contribution in [1.29, 1.82) is 0 Å². The molecule has 0 nitrogen and oxygen atoms in total. The molecule has 0 bridgehead atoms. The Morgan fingerprint density at radius 3 is 0.682 bits per heavy atom. The summed E-state index contributed by atoms with van der Waals surface area (Å²) in [6.45, 7) is 0. The summed E-state index contributed by atoms with van der Waals surface area (Å²) in [6, 6.07) is 41.1. The zero-order valence-corrected chi connectivity index (χ0v) is 23.1. The van der Waals surface area contributed by atoms with E-state index in [0.717, 1.165) is 68.8 Å². The normalized spacial score (nSPS) is 11.9. The fourth-order valence-corrected chi connectivity index (χ4v) is 5.52. The van der Waals surface area contributed by atoms with Crippen LogP contribution in [0.25, 0.3) is 55.6 Å². The maximum Gasteiger partial charge on any atom is 0.416 e. The minimum atomic E-state index is -4.43. The Bertz CT molecular complexity index is 1770. The average Bonchev–Trinajstić information content (AvgIpc) is 3.04. The van der Waals surface area contributed by atoms with Crippen molar-refractivity contribution in [3.05, 3.63) is 157 Å². The van der Waals surface area contributed by atoms with Crippen LogP contribution in [-0.2, 0) is 12.4 Å². The number of benzene rings is 6. The molecule has 0 atom stereocenters. The van der Waals surface area contributed by atoms with Crippen LogP contribution < -0.4 is 0 Å². The third-order valence-electron chi connectivity index (χ3n) is 7.63. The Kier molecular flexibility index (Phi) is 7.60. The van der Waals surface area contributed by atoms with Crippen molar-refractivity contribution < 1.29 is 26.3 Å². The Morgan fingerprint density at radius 1 is 0.250 bits per heavy atom. The molecular formula is C38H24F6. The average molecular weight is 595 g/mol. The Labute approximate surface area is 250 Å². The molecule has 6 heteroatoms. The summed E-state index contributed by atoms with van der Waals surface area (Å²) in [6.07, 6.45) is -8.85. The van der Waals surface area contributed by atoms with E-state index in [0.29, 0.717) is 11.1 Å². The monoisotopic (exact) mass is 594 g/mol. The zero-order valence-electron chi connectivity index (χ0n) is 23.1. The van der Waals surface area contributed by atoms with Crippen molar-refractivity contribution in [1.82, 2.24) is 0 Å². The summed E-state index contributed by atoms with van der Waals surface area (Å²) in [5.74, 6) is 0. The van der Waals surface area contributed by atoms with E-state index in [-0.39, 0.29) is 0 Å². The lowest BCUT2D eigenvalue weighted by molar-refractivity contribution is -0.138. The molecule has 0 amide bonds. The van der Waals surface area contributed by atoms with E-state index >= 15 is 0 Å². The first-order chi connectivity index (χ1) is 21.1. The van der Waals surface area contributed by atoms with E-state index in [1.807, 2.05) is 97.1 Å². The highest BCUT2D eigenvalue weighted by Crippen LogP contribution is 2.44. The molecule has 6 aromatic rings. The molecule has 0 aromatic heterocycles. The summed E-state index contributed by atoms with van der Waals surface area (Å²) in [7, 11) is 0. The van der Waals surface area contributed by atoms with E-state index in [4.69, 9.17) is 0 Å². The highest BCUT2D eigenvalue weighted by molar-refractivity contribution is 5.98. The second-order valence-corrected chi connectivity index (χ2v) is 10.3. The van der Waals surface area contributed by atoms with Gasteiger partial charge >= 0.3 is 12.4 Å². The van der Waals surface area contributed by atoms with Crippen molar-refractivity contribution in [3.63, 3.8) is 0 Å². The van der Waals surface area contributed by atoms with Crippen molar-refractivity contribution >= 4 is 0 Å². The molecule has 0 saturated heterocycles. The van der Waals surface area contributed by atoms with Gasteiger partial charge in [0.1, 0.15) is 0 Å². The minimum absolute atomic E-state index is 0.657. The van der Waals surface area contributed by atoms with Crippen LogP contribution in [0.4, 0.5) is 26.3 Å². The lowest BCUT2D eigenvalue weighted by atomic mass is 9.85. The van der Waals surface area contributed by atoms with Crippen molar-refractivity contribution in [2.45, 2.75) is 12.4 Å². The smallest absolute Gasteiger partial charge is 0.166 e. The van der Waals surface area contributed by atoms with Crippen LogP contribution >= 0.6 is 0 Å². The first kappa shape index (κ1) is 29.0. The van der Waals surface area contributed by atoms with Crippen molar-refractivity contribution in [3.8, 4) is 55.6 Å². The van der Waals surface area contributed by atoms with E-state index < -0.39 is 23.5 Å². The zero-order chi connectivity index (χ0) is 30.9. The summed E-state index contributed by atoms with van der Waals surface area (Å²) in [5, 5.41) is 0. The Balaban J connectivity index is 1.48. The van der Waals surface area contributed by atoms with Crippen LogP contribution in [0.15, 0.2) is 146 Å². The van der Waals surface area contributed by atoms with Gasteiger partial charge in [-0.15, -0.1) is 0 Å². The summed E-state index contributed by atoms with van der Waals surface area (Å²) in [5.41, 5.74) is 6.78. The third-order valence-corrected chi connectivity index (χ3v) is 7.63.